The first-order valence-electron chi connectivity index (χ1n) is 6.18. The van der Waals surface area contributed by atoms with Crippen LogP contribution in [0.3, 0.4) is 0 Å². The van der Waals surface area contributed by atoms with Gasteiger partial charge in [0.1, 0.15) is 0 Å². The third-order valence-electron chi connectivity index (χ3n) is 2.79. The van der Waals surface area contributed by atoms with E-state index in [0.29, 0.717) is 0 Å². The molecule has 0 bridgehead atoms. The Hall–Kier alpha value is -0.249. The molecule has 0 aromatic heterocycles. The van der Waals surface area contributed by atoms with Crippen molar-refractivity contribution in [2.75, 3.05) is 0 Å². The van der Waals surface area contributed by atoms with Gasteiger partial charge in [-0.15, -0.1) is 0 Å². The molecule has 0 heterocycles. The van der Waals surface area contributed by atoms with Gasteiger partial charge in [0.25, 0.3) is 0 Å². The van der Waals surface area contributed by atoms with Crippen LogP contribution in [0.2, 0.25) is 39.3 Å². The predicted molar refractivity (Wildman–Crippen MR) is 111 cm³/mol. The second-order valence-corrected chi connectivity index (χ2v) is 17.2. The molecule has 0 aliphatic carbocycles. The summed E-state index contributed by atoms with van der Waals surface area (Å²) < 4.78 is 5.92. The van der Waals surface area contributed by atoms with E-state index in [4.69, 9.17) is 4.12 Å². The zero-order chi connectivity index (χ0) is 14.2. The van der Waals surface area contributed by atoms with Crippen molar-refractivity contribution in [1.29, 1.82) is 0 Å². The Morgan fingerprint density at radius 2 is 1.00 bits per heavy atom. The van der Waals surface area contributed by atoms with Gasteiger partial charge < -0.3 is 13.7 Å². The minimum absolute atomic E-state index is 0. The fourth-order valence-corrected chi connectivity index (χ4v) is 9.38. The highest BCUT2D eigenvalue weighted by molar-refractivity contribution is 6.90. The van der Waals surface area contributed by atoms with Gasteiger partial charge in [0.2, 0.25) is 16.6 Å². The van der Waals surface area contributed by atoms with E-state index in [1.807, 2.05) is 37.4 Å². The maximum atomic E-state index is 10.1. The van der Waals surface area contributed by atoms with Crippen molar-refractivity contribution in [1.82, 2.24) is 0 Å². The van der Waals surface area contributed by atoms with Crippen LogP contribution in [-0.2, 0) is 4.12 Å². The summed E-state index contributed by atoms with van der Waals surface area (Å²) in [6.07, 6.45) is 0. The van der Waals surface area contributed by atoms with E-state index in [1.54, 1.807) is 13.1 Å². The van der Waals surface area contributed by atoms with Crippen molar-refractivity contribution in [3.8, 4) is 0 Å². The highest BCUT2D eigenvalue weighted by Crippen LogP contribution is 2.12. The molecule has 0 aliphatic heterocycles. The molecule has 2 N–H and O–H groups in total. The minimum Gasteiger partial charge on any atom is -0.432 e. The number of rotatable bonds is 4. The molecule has 6 heteroatoms. The van der Waals surface area contributed by atoms with Crippen LogP contribution in [-0.4, -0.2) is 34.8 Å². The van der Waals surface area contributed by atoms with Crippen LogP contribution in [0.25, 0.3) is 0 Å². The summed E-state index contributed by atoms with van der Waals surface area (Å²) in [5.74, 6) is 0. The zero-order valence-corrected chi connectivity index (χ0v) is 15.1. The SMILES string of the molecule is C.C.C.C.C[Si](C)(O)O[Si](C)(C)c1ccc([Si](C)(C)O)cc1. The van der Waals surface area contributed by atoms with Crippen molar-refractivity contribution in [3.63, 3.8) is 0 Å². The highest BCUT2D eigenvalue weighted by Gasteiger charge is 2.34. The van der Waals surface area contributed by atoms with E-state index in [0.717, 1.165) is 10.4 Å². The molecule has 0 spiro atoms. The molecular formula is C16H40O3Si3. The fourth-order valence-electron chi connectivity index (χ4n) is 1.96. The first-order valence-corrected chi connectivity index (χ1v) is 14.9. The van der Waals surface area contributed by atoms with Crippen molar-refractivity contribution in [3.05, 3.63) is 24.3 Å². The van der Waals surface area contributed by atoms with Crippen LogP contribution >= 0.6 is 0 Å². The minimum atomic E-state index is -2.50. The molecule has 0 unspecified atom stereocenters. The molecule has 1 aromatic rings. The van der Waals surface area contributed by atoms with Crippen molar-refractivity contribution < 1.29 is 13.7 Å². The summed E-state index contributed by atoms with van der Waals surface area (Å²) in [6.45, 7) is 11.6. The van der Waals surface area contributed by atoms with E-state index in [1.165, 1.54) is 0 Å². The average Bonchev–Trinajstić information content (AvgIpc) is 2.13. The van der Waals surface area contributed by atoms with Crippen LogP contribution in [0, 0.1) is 0 Å². The van der Waals surface area contributed by atoms with Gasteiger partial charge in [0.05, 0.1) is 0 Å². The Morgan fingerprint density at radius 1 is 0.682 bits per heavy atom. The standard InChI is InChI=1S/C12H24O3Si3.4CH4/c1-16(2,13)11-7-9-12(10-8-11)17(3,4)15-18(5,6)14;;;;/h7-10,13-14H,1-6H3;4*1H4. The van der Waals surface area contributed by atoms with Gasteiger partial charge in [-0.3, -0.25) is 0 Å². The topological polar surface area (TPSA) is 49.7 Å². The van der Waals surface area contributed by atoms with Gasteiger partial charge >= 0.3 is 8.56 Å². The van der Waals surface area contributed by atoms with Crippen molar-refractivity contribution in [2.24, 2.45) is 0 Å². The lowest BCUT2D eigenvalue weighted by Gasteiger charge is -2.30. The van der Waals surface area contributed by atoms with E-state index in [9.17, 15) is 9.59 Å². The van der Waals surface area contributed by atoms with Crippen LogP contribution in [0.15, 0.2) is 24.3 Å². The monoisotopic (exact) mass is 364 g/mol. The Morgan fingerprint density at radius 3 is 1.27 bits per heavy atom. The van der Waals surface area contributed by atoms with Crippen molar-refractivity contribution in [2.45, 2.75) is 69.0 Å². The Labute approximate surface area is 142 Å². The molecule has 0 saturated carbocycles. The smallest absolute Gasteiger partial charge is 0.318 e. The molecule has 1 rings (SSSR count). The van der Waals surface area contributed by atoms with E-state index in [-0.39, 0.29) is 29.7 Å². The normalized spacial score (nSPS) is 11.3. The zero-order valence-electron chi connectivity index (χ0n) is 12.1. The van der Waals surface area contributed by atoms with Gasteiger partial charge in [0.15, 0.2) is 0 Å². The predicted octanol–water partition coefficient (Wildman–Crippen LogP) is 3.76. The molecule has 0 aliphatic rings. The van der Waals surface area contributed by atoms with Crippen molar-refractivity contribution >= 4 is 35.6 Å². The second-order valence-electron chi connectivity index (χ2n) is 6.20. The van der Waals surface area contributed by atoms with E-state index in [2.05, 4.69) is 13.1 Å². The summed E-state index contributed by atoms with van der Waals surface area (Å²) in [5.41, 5.74) is 0. The van der Waals surface area contributed by atoms with E-state index < -0.39 is 25.2 Å². The fraction of sp³-hybridized carbons (Fsp3) is 0.625. The summed E-state index contributed by atoms with van der Waals surface area (Å²) >= 11 is 0. The number of benzene rings is 1. The van der Waals surface area contributed by atoms with Gasteiger partial charge in [-0.2, -0.15) is 0 Å². The molecule has 0 radical (unpaired) electrons. The quantitative estimate of drug-likeness (QED) is 0.800. The third-order valence-corrected chi connectivity index (χ3v) is 10.3. The molecule has 0 amide bonds. The molecule has 3 nitrogen and oxygen atoms in total. The third kappa shape index (κ3) is 9.02. The first kappa shape index (κ1) is 29.7. The van der Waals surface area contributed by atoms with Crippen LogP contribution < -0.4 is 10.4 Å². The lowest BCUT2D eigenvalue weighted by molar-refractivity contribution is 0.391. The first-order chi connectivity index (χ1) is 7.92. The van der Waals surface area contributed by atoms with Crippen LogP contribution in [0.4, 0.5) is 0 Å². The maximum Gasteiger partial charge on any atom is 0.318 e. The van der Waals surface area contributed by atoms with E-state index >= 15 is 0 Å². The Balaban J connectivity index is -0.000000405. The van der Waals surface area contributed by atoms with Crippen LogP contribution in [0.5, 0.6) is 0 Å². The second kappa shape index (κ2) is 9.79. The molecule has 134 valence electrons. The molecule has 0 atom stereocenters. The lowest BCUT2D eigenvalue weighted by Crippen LogP contribution is -2.53. The maximum absolute atomic E-state index is 10.1. The molecular weight excluding hydrogens is 324 g/mol. The molecule has 0 fully saturated rings. The summed E-state index contributed by atoms with van der Waals surface area (Å²) in [7, 11) is -6.78. The highest BCUT2D eigenvalue weighted by atomic mass is 28.4. The summed E-state index contributed by atoms with van der Waals surface area (Å²) in [5, 5.41) is 2.18. The average molecular weight is 365 g/mol. The summed E-state index contributed by atoms with van der Waals surface area (Å²) in [6, 6.07) is 8.05. The van der Waals surface area contributed by atoms with Gasteiger partial charge in [-0.25, -0.2) is 0 Å². The van der Waals surface area contributed by atoms with Crippen LogP contribution in [0.1, 0.15) is 29.7 Å². The summed E-state index contributed by atoms with van der Waals surface area (Å²) in [4.78, 5) is 20.0. The number of hydrogen-bond acceptors (Lipinski definition) is 3. The molecule has 1 aromatic carbocycles. The largest absolute Gasteiger partial charge is 0.432 e. The van der Waals surface area contributed by atoms with Gasteiger partial charge in [-0.1, -0.05) is 54.0 Å². The number of hydrogen-bond donors (Lipinski definition) is 2. The lowest BCUT2D eigenvalue weighted by atomic mass is 10.4. The molecule has 22 heavy (non-hydrogen) atoms. The van der Waals surface area contributed by atoms with Gasteiger partial charge in [-0.05, 0) is 49.7 Å². The Kier molecular flexibility index (Phi) is 13.2. The molecule has 0 saturated heterocycles. The Bertz CT molecular complexity index is 404. The van der Waals surface area contributed by atoms with Gasteiger partial charge in [0, 0.05) is 0 Å².